The first-order valence-electron chi connectivity index (χ1n) is 7.89. The average Bonchev–Trinajstić information content (AvgIpc) is 3.06. The summed E-state index contributed by atoms with van der Waals surface area (Å²) in [6, 6.07) is 13.4. The van der Waals surface area contributed by atoms with Gasteiger partial charge < -0.3 is 9.88 Å². The largest absolute Gasteiger partial charge is 0.329 e. The van der Waals surface area contributed by atoms with Gasteiger partial charge in [0.05, 0.1) is 4.92 Å². The summed E-state index contributed by atoms with van der Waals surface area (Å²) in [6.07, 6.45) is 3.45. The normalized spacial score (nSPS) is 11.8. The van der Waals surface area contributed by atoms with E-state index in [1.807, 2.05) is 41.9 Å². The molecule has 3 aromatic rings. The number of carbonyl (C=O) groups excluding carboxylic acids is 1. The Morgan fingerprint density at radius 3 is 2.67 bits per heavy atom. The van der Waals surface area contributed by atoms with E-state index in [0.29, 0.717) is 10.8 Å². The number of hydrogen-bond donors (Lipinski definition) is 1. The van der Waals surface area contributed by atoms with E-state index in [1.54, 1.807) is 12.4 Å². The van der Waals surface area contributed by atoms with Crippen LogP contribution in [0.2, 0.25) is 5.02 Å². The van der Waals surface area contributed by atoms with Crippen molar-refractivity contribution in [3.05, 3.63) is 81.6 Å². The van der Waals surface area contributed by atoms with Gasteiger partial charge in [0.1, 0.15) is 10.3 Å². The highest BCUT2D eigenvalue weighted by atomic mass is 35.5. The zero-order valence-electron chi connectivity index (χ0n) is 14.2. The van der Waals surface area contributed by atoms with Crippen LogP contribution in [0.3, 0.4) is 0 Å². The van der Waals surface area contributed by atoms with Crippen LogP contribution in [0, 0.1) is 10.1 Å². The molecule has 0 aliphatic carbocycles. The second-order valence-corrected chi connectivity index (χ2v) is 7.12. The molecule has 1 heterocycles. The van der Waals surface area contributed by atoms with E-state index in [1.165, 1.54) is 30.0 Å². The molecule has 1 amide bonds. The first-order chi connectivity index (χ1) is 13.0. The van der Waals surface area contributed by atoms with Gasteiger partial charge in [0.15, 0.2) is 5.16 Å². The van der Waals surface area contributed by atoms with Crippen LogP contribution in [0.25, 0.3) is 0 Å². The third kappa shape index (κ3) is 4.47. The number of carbonyl (C=O) groups is 1. The van der Waals surface area contributed by atoms with Crippen molar-refractivity contribution < 1.29 is 9.72 Å². The molecule has 1 aromatic heterocycles. The number of nitro benzene ring substituents is 1. The quantitative estimate of drug-likeness (QED) is 0.373. The Labute approximate surface area is 164 Å². The lowest BCUT2D eigenvalue weighted by molar-refractivity contribution is -0.384. The highest BCUT2D eigenvalue weighted by Crippen LogP contribution is 2.35. The monoisotopic (exact) mass is 402 g/mol. The number of imidazole rings is 1. The van der Waals surface area contributed by atoms with Gasteiger partial charge in [-0.05, 0) is 17.7 Å². The van der Waals surface area contributed by atoms with Crippen LogP contribution in [0.1, 0.15) is 10.8 Å². The summed E-state index contributed by atoms with van der Waals surface area (Å²) in [5.41, 5.74) is 0.839. The third-order valence-electron chi connectivity index (χ3n) is 3.75. The van der Waals surface area contributed by atoms with Gasteiger partial charge in [0.25, 0.3) is 5.69 Å². The molecule has 7 nitrogen and oxygen atoms in total. The molecule has 0 fully saturated rings. The van der Waals surface area contributed by atoms with Gasteiger partial charge in [-0.2, -0.15) is 0 Å². The van der Waals surface area contributed by atoms with Crippen molar-refractivity contribution in [2.24, 2.45) is 7.05 Å². The number of nitrogens with one attached hydrogen (secondary N) is 1. The van der Waals surface area contributed by atoms with Gasteiger partial charge in [-0.25, -0.2) is 4.98 Å². The third-order valence-corrected chi connectivity index (χ3v) is 5.40. The number of thioether (sulfide) groups is 1. The fraction of sp³-hybridized carbons (Fsp3) is 0.111. The molecule has 3 rings (SSSR count). The summed E-state index contributed by atoms with van der Waals surface area (Å²) in [5, 5.41) is 13.9. The van der Waals surface area contributed by atoms with Gasteiger partial charge in [-0.15, -0.1) is 0 Å². The Morgan fingerprint density at radius 2 is 2.04 bits per heavy atom. The number of hydrogen-bond acceptors (Lipinski definition) is 5. The standard InChI is InChI=1S/C18H15ClN4O3S/c1-22-10-9-20-18(22)27-16(12-5-3-2-4-6-12)17(24)21-13-7-8-14(19)15(11-13)23(25)26/h2-11,16H,1H3,(H,21,24)/t16-/m1/s1. The number of aromatic nitrogens is 2. The van der Waals surface area contributed by atoms with Gasteiger partial charge in [0, 0.05) is 31.2 Å². The number of halogens is 1. The van der Waals surface area contributed by atoms with E-state index in [-0.39, 0.29) is 16.6 Å². The molecular weight excluding hydrogens is 388 g/mol. The molecule has 9 heteroatoms. The van der Waals surface area contributed by atoms with Gasteiger partial charge >= 0.3 is 0 Å². The summed E-state index contributed by atoms with van der Waals surface area (Å²) < 4.78 is 1.82. The van der Waals surface area contributed by atoms with E-state index in [9.17, 15) is 14.9 Å². The second kappa shape index (κ2) is 8.24. The number of nitrogens with zero attached hydrogens (tertiary/aromatic N) is 3. The highest BCUT2D eigenvalue weighted by Gasteiger charge is 2.24. The number of anilines is 1. The summed E-state index contributed by atoms with van der Waals surface area (Å²) in [4.78, 5) is 27.7. The minimum absolute atomic E-state index is 0.0139. The predicted octanol–water partition coefficient (Wildman–Crippen LogP) is 4.45. The fourth-order valence-corrected chi connectivity index (χ4v) is 3.62. The number of aryl methyl sites for hydroxylation is 1. The molecule has 0 radical (unpaired) electrons. The van der Waals surface area contributed by atoms with Crippen molar-refractivity contribution >= 4 is 40.6 Å². The molecule has 0 bridgehead atoms. The first-order valence-corrected chi connectivity index (χ1v) is 9.15. The van der Waals surface area contributed by atoms with Crippen molar-refractivity contribution in [3.8, 4) is 0 Å². The topological polar surface area (TPSA) is 90.1 Å². The Kier molecular flexibility index (Phi) is 5.78. The predicted molar refractivity (Wildman–Crippen MR) is 105 cm³/mol. The molecule has 0 unspecified atom stereocenters. The average molecular weight is 403 g/mol. The molecule has 2 aromatic carbocycles. The molecule has 1 N–H and O–H groups in total. The smallest absolute Gasteiger partial charge is 0.289 e. The Bertz CT molecular complexity index is 978. The van der Waals surface area contributed by atoms with E-state index in [2.05, 4.69) is 10.3 Å². The summed E-state index contributed by atoms with van der Waals surface area (Å²) >= 11 is 7.12. The van der Waals surface area contributed by atoms with Crippen molar-refractivity contribution in [1.82, 2.24) is 9.55 Å². The Hall–Kier alpha value is -2.84. The summed E-state index contributed by atoms with van der Waals surface area (Å²) in [7, 11) is 1.85. The number of nitro groups is 1. The van der Waals surface area contributed by atoms with Crippen LogP contribution in [-0.2, 0) is 11.8 Å². The maximum absolute atomic E-state index is 12.9. The lowest BCUT2D eigenvalue weighted by Gasteiger charge is -2.16. The van der Waals surface area contributed by atoms with E-state index in [0.717, 1.165) is 5.56 Å². The number of rotatable bonds is 6. The highest BCUT2D eigenvalue weighted by molar-refractivity contribution is 8.00. The van der Waals surface area contributed by atoms with Gasteiger partial charge in [-0.3, -0.25) is 14.9 Å². The van der Waals surface area contributed by atoms with Crippen LogP contribution >= 0.6 is 23.4 Å². The molecule has 0 spiro atoms. The van der Waals surface area contributed by atoms with Crippen LogP contribution in [-0.4, -0.2) is 20.4 Å². The molecule has 138 valence electrons. The van der Waals surface area contributed by atoms with E-state index in [4.69, 9.17) is 11.6 Å². The Morgan fingerprint density at radius 1 is 1.30 bits per heavy atom. The number of amides is 1. The maximum Gasteiger partial charge on any atom is 0.289 e. The number of benzene rings is 2. The lowest BCUT2D eigenvalue weighted by Crippen LogP contribution is -2.19. The molecule has 0 saturated carbocycles. The summed E-state index contributed by atoms with van der Waals surface area (Å²) in [6.45, 7) is 0. The SMILES string of the molecule is Cn1ccnc1S[C@@H](C(=O)Nc1ccc(Cl)c([N+](=O)[O-])c1)c1ccccc1. The zero-order valence-corrected chi connectivity index (χ0v) is 15.8. The fourth-order valence-electron chi connectivity index (χ4n) is 2.41. The van der Waals surface area contributed by atoms with Crippen LogP contribution in [0.15, 0.2) is 66.1 Å². The molecular formula is C18H15ClN4O3S. The molecule has 27 heavy (non-hydrogen) atoms. The van der Waals surface area contributed by atoms with Gasteiger partial charge in [0.2, 0.25) is 5.91 Å². The summed E-state index contributed by atoms with van der Waals surface area (Å²) in [5.74, 6) is -0.314. The maximum atomic E-state index is 12.9. The second-order valence-electron chi connectivity index (χ2n) is 5.64. The van der Waals surface area contributed by atoms with Gasteiger partial charge in [-0.1, -0.05) is 53.7 Å². The molecule has 0 saturated heterocycles. The minimum Gasteiger partial charge on any atom is -0.329 e. The van der Waals surface area contributed by atoms with Crippen molar-refractivity contribution in [1.29, 1.82) is 0 Å². The van der Waals surface area contributed by atoms with Crippen molar-refractivity contribution in [3.63, 3.8) is 0 Å². The Balaban J connectivity index is 1.88. The van der Waals surface area contributed by atoms with Crippen LogP contribution in [0.4, 0.5) is 11.4 Å². The van der Waals surface area contributed by atoms with Crippen LogP contribution in [0.5, 0.6) is 0 Å². The minimum atomic E-state index is -0.588. The zero-order chi connectivity index (χ0) is 19.4. The lowest BCUT2D eigenvalue weighted by atomic mass is 10.1. The molecule has 0 aliphatic rings. The van der Waals surface area contributed by atoms with E-state index >= 15 is 0 Å². The first kappa shape index (κ1) is 18.9. The van der Waals surface area contributed by atoms with Crippen molar-refractivity contribution in [2.45, 2.75) is 10.4 Å². The molecule has 0 aliphatic heterocycles. The van der Waals surface area contributed by atoms with Crippen LogP contribution < -0.4 is 5.32 Å². The van der Waals surface area contributed by atoms with E-state index < -0.39 is 10.2 Å². The van der Waals surface area contributed by atoms with Crippen molar-refractivity contribution in [2.75, 3.05) is 5.32 Å². The molecule has 1 atom stereocenters.